The lowest BCUT2D eigenvalue weighted by Crippen LogP contribution is -2.15. The van der Waals surface area contributed by atoms with Gasteiger partial charge in [-0.05, 0) is 11.1 Å². The van der Waals surface area contributed by atoms with Crippen LogP contribution in [0.2, 0.25) is 0 Å². The van der Waals surface area contributed by atoms with Crippen LogP contribution in [0.3, 0.4) is 0 Å². The van der Waals surface area contributed by atoms with Gasteiger partial charge in [-0.2, -0.15) is 0 Å². The van der Waals surface area contributed by atoms with Crippen LogP contribution in [0.1, 0.15) is 11.1 Å². The van der Waals surface area contributed by atoms with E-state index in [9.17, 15) is 0 Å². The minimum absolute atomic E-state index is 1.10. The first-order valence-electron chi connectivity index (χ1n) is 6.07. The fraction of sp³-hybridized carbons (Fsp3) is 0.125. The highest BCUT2D eigenvalue weighted by molar-refractivity contribution is 5.88. The molecule has 0 aliphatic heterocycles. The zero-order chi connectivity index (χ0) is 12.8. The van der Waals surface area contributed by atoms with E-state index in [1.54, 1.807) is 0 Å². The molecule has 2 heteroatoms. The first-order chi connectivity index (χ1) is 8.86. The Hall–Kier alpha value is -2.22. The lowest BCUT2D eigenvalue weighted by Gasteiger charge is -2.15. The second-order valence-corrected chi connectivity index (χ2v) is 3.98. The largest absolute Gasteiger partial charge is 0.386 e. The van der Waals surface area contributed by atoms with Gasteiger partial charge in [-0.25, -0.2) is 0 Å². The molecule has 0 aromatic heterocycles. The Morgan fingerprint density at radius 2 is 0.944 bits per heavy atom. The predicted octanol–water partition coefficient (Wildman–Crippen LogP) is 2.95. The molecule has 0 radical (unpaired) electrons. The van der Waals surface area contributed by atoms with Crippen LogP contribution in [0.5, 0.6) is 0 Å². The van der Waals surface area contributed by atoms with Crippen molar-refractivity contribution in [2.45, 2.75) is 0 Å². The molecule has 0 atom stereocenters. The van der Waals surface area contributed by atoms with E-state index in [-0.39, 0.29) is 0 Å². The average Bonchev–Trinajstić information content (AvgIpc) is 2.46. The van der Waals surface area contributed by atoms with Crippen LogP contribution in [-0.2, 0) is 0 Å². The van der Waals surface area contributed by atoms with E-state index in [0.29, 0.717) is 0 Å². The van der Waals surface area contributed by atoms with Crippen LogP contribution in [-0.4, -0.2) is 14.1 Å². The smallest absolute Gasteiger partial charge is 0.0653 e. The van der Waals surface area contributed by atoms with Crippen molar-refractivity contribution in [2.24, 2.45) is 0 Å². The molecule has 0 spiro atoms. The molecular weight excluding hydrogens is 220 g/mol. The molecule has 2 N–H and O–H groups in total. The van der Waals surface area contributed by atoms with Crippen molar-refractivity contribution in [3.05, 3.63) is 71.8 Å². The monoisotopic (exact) mass is 238 g/mol. The maximum Gasteiger partial charge on any atom is 0.0653 e. The molecule has 2 nitrogen and oxygen atoms in total. The number of hydrogen-bond donors (Lipinski definition) is 2. The number of nitrogens with one attached hydrogen (secondary N) is 2. The lowest BCUT2D eigenvalue weighted by atomic mass is 10.1. The molecule has 0 saturated heterocycles. The molecule has 0 fully saturated rings. The molecule has 0 heterocycles. The SMILES string of the molecule is CN/C(=C(/NC)c1ccccc1)c1ccccc1. The summed E-state index contributed by atoms with van der Waals surface area (Å²) in [5, 5.41) is 6.57. The molecule has 0 aliphatic carbocycles. The van der Waals surface area contributed by atoms with E-state index >= 15 is 0 Å². The second kappa shape index (κ2) is 5.92. The minimum atomic E-state index is 1.10. The number of benzene rings is 2. The molecule has 18 heavy (non-hydrogen) atoms. The van der Waals surface area contributed by atoms with E-state index in [0.717, 1.165) is 11.4 Å². The quantitative estimate of drug-likeness (QED) is 0.800. The van der Waals surface area contributed by atoms with Gasteiger partial charge in [-0.15, -0.1) is 0 Å². The van der Waals surface area contributed by atoms with Gasteiger partial charge in [0.15, 0.2) is 0 Å². The Labute approximate surface area is 108 Å². The van der Waals surface area contributed by atoms with Crippen LogP contribution >= 0.6 is 0 Å². The molecular formula is C16H18N2. The predicted molar refractivity (Wildman–Crippen MR) is 77.8 cm³/mol. The van der Waals surface area contributed by atoms with Crippen LogP contribution in [0.25, 0.3) is 11.4 Å². The molecule has 0 bridgehead atoms. The highest BCUT2D eigenvalue weighted by Gasteiger charge is 2.08. The van der Waals surface area contributed by atoms with Gasteiger partial charge >= 0.3 is 0 Å². The van der Waals surface area contributed by atoms with Crippen LogP contribution in [0.4, 0.5) is 0 Å². The van der Waals surface area contributed by atoms with Crippen LogP contribution in [0, 0.1) is 0 Å². The second-order valence-electron chi connectivity index (χ2n) is 3.98. The fourth-order valence-electron chi connectivity index (χ4n) is 2.04. The van der Waals surface area contributed by atoms with Crippen molar-refractivity contribution < 1.29 is 0 Å². The van der Waals surface area contributed by atoms with E-state index in [2.05, 4.69) is 34.9 Å². The molecule has 0 aliphatic rings. The van der Waals surface area contributed by atoms with Gasteiger partial charge < -0.3 is 10.6 Å². The molecule has 2 rings (SSSR count). The van der Waals surface area contributed by atoms with Gasteiger partial charge in [0.1, 0.15) is 0 Å². The molecule has 0 saturated carbocycles. The zero-order valence-electron chi connectivity index (χ0n) is 10.8. The summed E-state index contributed by atoms with van der Waals surface area (Å²) in [5.41, 5.74) is 4.55. The molecule has 92 valence electrons. The molecule has 0 amide bonds. The Balaban J connectivity index is 2.53. The standard InChI is InChI=1S/C16H18N2/c1-17-15(13-9-5-3-6-10-13)16(18-2)14-11-7-4-8-12-14/h3-12,17-18H,1-2H3/b16-15+. The third kappa shape index (κ3) is 2.54. The zero-order valence-corrected chi connectivity index (χ0v) is 10.8. The number of hydrogen-bond acceptors (Lipinski definition) is 2. The summed E-state index contributed by atoms with van der Waals surface area (Å²) in [7, 11) is 3.89. The van der Waals surface area contributed by atoms with Crippen molar-refractivity contribution in [1.82, 2.24) is 10.6 Å². The Morgan fingerprint density at radius 3 is 1.22 bits per heavy atom. The highest BCUT2D eigenvalue weighted by atomic mass is 14.9. The summed E-state index contributed by atoms with van der Waals surface area (Å²) >= 11 is 0. The Kier molecular flexibility index (Phi) is 4.02. The van der Waals surface area contributed by atoms with Crippen molar-refractivity contribution >= 4 is 11.4 Å². The van der Waals surface area contributed by atoms with E-state index < -0.39 is 0 Å². The highest BCUT2D eigenvalue weighted by Crippen LogP contribution is 2.21. The van der Waals surface area contributed by atoms with Crippen LogP contribution in [0.15, 0.2) is 60.7 Å². The average molecular weight is 238 g/mol. The van der Waals surface area contributed by atoms with Gasteiger partial charge in [0, 0.05) is 14.1 Å². The maximum atomic E-state index is 3.28. The molecule has 0 unspecified atom stereocenters. The van der Waals surface area contributed by atoms with Gasteiger partial charge in [-0.1, -0.05) is 60.7 Å². The summed E-state index contributed by atoms with van der Waals surface area (Å²) in [6, 6.07) is 20.7. The van der Waals surface area contributed by atoms with Crippen molar-refractivity contribution in [3.8, 4) is 0 Å². The first-order valence-corrected chi connectivity index (χ1v) is 6.07. The third-order valence-electron chi connectivity index (χ3n) is 2.87. The van der Waals surface area contributed by atoms with Crippen LogP contribution < -0.4 is 10.6 Å². The van der Waals surface area contributed by atoms with Gasteiger partial charge in [0.05, 0.1) is 11.4 Å². The summed E-state index contributed by atoms with van der Waals surface area (Å²) < 4.78 is 0. The minimum Gasteiger partial charge on any atom is -0.386 e. The summed E-state index contributed by atoms with van der Waals surface area (Å²) in [6.07, 6.45) is 0. The number of rotatable bonds is 4. The van der Waals surface area contributed by atoms with Gasteiger partial charge in [-0.3, -0.25) is 0 Å². The molecule has 2 aromatic rings. The summed E-state index contributed by atoms with van der Waals surface area (Å²) in [6.45, 7) is 0. The van der Waals surface area contributed by atoms with E-state index in [4.69, 9.17) is 0 Å². The first kappa shape index (κ1) is 12.2. The summed E-state index contributed by atoms with van der Waals surface area (Å²) in [4.78, 5) is 0. The van der Waals surface area contributed by atoms with Crippen molar-refractivity contribution in [2.75, 3.05) is 14.1 Å². The van der Waals surface area contributed by atoms with Gasteiger partial charge in [0.2, 0.25) is 0 Å². The molecule has 2 aromatic carbocycles. The van der Waals surface area contributed by atoms with E-state index in [1.165, 1.54) is 11.1 Å². The summed E-state index contributed by atoms with van der Waals surface area (Å²) in [5.74, 6) is 0. The maximum absolute atomic E-state index is 3.28. The van der Waals surface area contributed by atoms with Crippen molar-refractivity contribution in [1.29, 1.82) is 0 Å². The third-order valence-corrected chi connectivity index (χ3v) is 2.87. The Morgan fingerprint density at radius 1 is 0.611 bits per heavy atom. The normalized spacial score (nSPS) is 11.7. The van der Waals surface area contributed by atoms with E-state index in [1.807, 2.05) is 50.5 Å². The topological polar surface area (TPSA) is 24.1 Å². The fourth-order valence-corrected chi connectivity index (χ4v) is 2.04. The Bertz CT molecular complexity index is 466. The lowest BCUT2D eigenvalue weighted by molar-refractivity contribution is 1.07. The van der Waals surface area contributed by atoms with Gasteiger partial charge in [0.25, 0.3) is 0 Å². The van der Waals surface area contributed by atoms with Crippen molar-refractivity contribution in [3.63, 3.8) is 0 Å².